The Labute approximate surface area is 109 Å². The number of nitrogens with one attached hydrogen (secondary N) is 1. The fourth-order valence-electron chi connectivity index (χ4n) is 2.05. The normalized spacial score (nSPS) is 19.1. The largest absolute Gasteiger partial charge is 0.383 e. The Morgan fingerprint density at radius 1 is 1.33 bits per heavy atom. The summed E-state index contributed by atoms with van der Waals surface area (Å²) in [6.45, 7) is 6.00. The zero-order valence-corrected chi connectivity index (χ0v) is 11.7. The molecule has 1 aliphatic rings. The maximum Gasteiger partial charge on any atom is 0.245 e. The molecule has 0 amide bonds. The molecular weight excluding hydrogens is 248 g/mol. The maximum atomic E-state index is 12.5. The molecule has 0 fully saturated rings. The van der Waals surface area contributed by atoms with Gasteiger partial charge in [-0.15, -0.1) is 0 Å². The van der Waals surface area contributed by atoms with Crippen molar-refractivity contribution in [3.8, 4) is 0 Å². The van der Waals surface area contributed by atoms with Crippen molar-refractivity contribution in [2.45, 2.75) is 25.2 Å². The topological polar surface area (TPSA) is 49.4 Å². The van der Waals surface area contributed by atoms with Gasteiger partial charge in [-0.3, -0.25) is 0 Å². The van der Waals surface area contributed by atoms with Crippen molar-refractivity contribution in [3.63, 3.8) is 0 Å². The second-order valence-electron chi connectivity index (χ2n) is 5.01. The molecule has 0 unspecified atom stereocenters. The SMILES string of the molecule is CC(C)CCN1CCNc2ccccc2S1(=O)=O. The van der Waals surface area contributed by atoms with Gasteiger partial charge in [-0.05, 0) is 24.5 Å². The van der Waals surface area contributed by atoms with E-state index in [1.54, 1.807) is 16.4 Å². The van der Waals surface area contributed by atoms with Crippen LogP contribution in [0.4, 0.5) is 5.69 Å². The van der Waals surface area contributed by atoms with Crippen LogP contribution in [-0.4, -0.2) is 32.4 Å². The van der Waals surface area contributed by atoms with Gasteiger partial charge in [-0.1, -0.05) is 26.0 Å². The predicted octanol–water partition coefficient (Wildman–Crippen LogP) is 2.15. The van der Waals surface area contributed by atoms with E-state index in [0.717, 1.165) is 6.42 Å². The minimum atomic E-state index is -3.34. The van der Waals surface area contributed by atoms with Crippen LogP contribution in [0.25, 0.3) is 0 Å². The molecule has 0 spiro atoms. The van der Waals surface area contributed by atoms with Crippen LogP contribution in [-0.2, 0) is 10.0 Å². The average Bonchev–Trinajstić information content (AvgIpc) is 2.44. The molecule has 0 aromatic heterocycles. The minimum absolute atomic E-state index is 0.395. The molecule has 4 nitrogen and oxygen atoms in total. The Bertz CT molecular complexity index is 511. The van der Waals surface area contributed by atoms with E-state index in [0.29, 0.717) is 36.1 Å². The van der Waals surface area contributed by atoms with E-state index in [-0.39, 0.29) is 0 Å². The lowest BCUT2D eigenvalue weighted by atomic mass is 10.1. The van der Waals surface area contributed by atoms with Crippen molar-refractivity contribution in [2.24, 2.45) is 5.92 Å². The van der Waals surface area contributed by atoms with Crippen molar-refractivity contribution in [1.82, 2.24) is 4.31 Å². The van der Waals surface area contributed by atoms with Crippen LogP contribution in [0.3, 0.4) is 0 Å². The summed E-state index contributed by atoms with van der Waals surface area (Å²) in [5.41, 5.74) is 0.713. The quantitative estimate of drug-likeness (QED) is 0.914. The molecule has 1 aromatic carbocycles. The molecule has 1 heterocycles. The Balaban J connectivity index is 2.30. The fourth-order valence-corrected chi connectivity index (χ4v) is 3.67. The van der Waals surface area contributed by atoms with Crippen LogP contribution in [0.15, 0.2) is 29.2 Å². The highest BCUT2D eigenvalue weighted by Gasteiger charge is 2.28. The first-order valence-electron chi connectivity index (χ1n) is 6.35. The summed E-state index contributed by atoms with van der Waals surface area (Å²) in [4.78, 5) is 0.395. The first-order chi connectivity index (χ1) is 8.51. The van der Waals surface area contributed by atoms with Crippen LogP contribution in [0.1, 0.15) is 20.3 Å². The first-order valence-corrected chi connectivity index (χ1v) is 7.79. The van der Waals surface area contributed by atoms with Gasteiger partial charge in [0.25, 0.3) is 0 Å². The zero-order chi connectivity index (χ0) is 13.2. The minimum Gasteiger partial charge on any atom is -0.383 e. The van der Waals surface area contributed by atoms with E-state index in [4.69, 9.17) is 0 Å². The van der Waals surface area contributed by atoms with Gasteiger partial charge in [0, 0.05) is 19.6 Å². The van der Waals surface area contributed by atoms with Crippen LogP contribution >= 0.6 is 0 Å². The Kier molecular flexibility index (Phi) is 3.92. The molecule has 0 radical (unpaired) electrons. The molecule has 0 saturated carbocycles. The van der Waals surface area contributed by atoms with E-state index in [1.807, 2.05) is 12.1 Å². The number of hydrogen-bond donors (Lipinski definition) is 1. The fraction of sp³-hybridized carbons (Fsp3) is 0.538. The van der Waals surface area contributed by atoms with Crippen LogP contribution < -0.4 is 5.32 Å². The molecule has 1 N–H and O–H groups in total. The maximum absolute atomic E-state index is 12.5. The second kappa shape index (κ2) is 5.28. The first kappa shape index (κ1) is 13.4. The molecule has 100 valence electrons. The van der Waals surface area contributed by atoms with E-state index >= 15 is 0 Å². The summed E-state index contributed by atoms with van der Waals surface area (Å²) in [5.74, 6) is 0.506. The number of benzene rings is 1. The van der Waals surface area contributed by atoms with Crippen LogP contribution in [0.2, 0.25) is 0 Å². The predicted molar refractivity (Wildman–Crippen MR) is 73.1 cm³/mol. The average molecular weight is 268 g/mol. The lowest BCUT2D eigenvalue weighted by molar-refractivity contribution is 0.392. The van der Waals surface area contributed by atoms with E-state index < -0.39 is 10.0 Å². The number of anilines is 1. The van der Waals surface area contributed by atoms with Crippen molar-refractivity contribution in [2.75, 3.05) is 25.0 Å². The summed E-state index contributed by atoms with van der Waals surface area (Å²) < 4.78 is 26.6. The lowest BCUT2D eigenvalue weighted by Gasteiger charge is -2.20. The summed E-state index contributed by atoms with van der Waals surface area (Å²) >= 11 is 0. The van der Waals surface area contributed by atoms with Crippen molar-refractivity contribution >= 4 is 15.7 Å². The third kappa shape index (κ3) is 2.67. The van der Waals surface area contributed by atoms with Gasteiger partial charge < -0.3 is 5.32 Å². The third-order valence-corrected chi connectivity index (χ3v) is 5.09. The van der Waals surface area contributed by atoms with Gasteiger partial charge in [0.2, 0.25) is 10.0 Å². The number of fused-ring (bicyclic) bond motifs is 1. The highest BCUT2D eigenvalue weighted by molar-refractivity contribution is 7.89. The molecular formula is C13H20N2O2S. The van der Waals surface area contributed by atoms with Gasteiger partial charge in [0.15, 0.2) is 0 Å². The smallest absolute Gasteiger partial charge is 0.245 e. The molecule has 2 rings (SSSR count). The Hall–Kier alpha value is -1.07. The molecule has 1 aromatic rings. The van der Waals surface area contributed by atoms with Crippen molar-refractivity contribution < 1.29 is 8.42 Å². The summed E-state index contributed by atoms with van der Waals surface area (Å²) in [6, 6.07) is 7.11. The standard InChI is InChI=1S/C13H20N2O2S/c1-11(2)7-9-15-10-8-14-12-5-3-4-6-13(12)18(15,16)17/h3-6,11,14H,7-10H2,1-2H3. The summed E-state index contributed by atoms with van der Waals surface area (Å²) in [5, 5.41) is 3.18. The van der Waals surface area contributed by atoms with Gasteiger partial charge in [-0.25, -0.2) is 8.42 Å². The molecule has 5 heteroatoms. The number of hydrogen-bond acceptors (Lipinski definition) is 3. The van der Waals surface area contributed by atoms with Crippen molar-refractivity contribution in [1.29, 1.82) is 0 Å². The Morgan fingerprint density at radius 2 is 2.06 bits per heavy atom. The van der Waals surface area contributed by atoms with E-state index in [1.165, 1.54) is 0 Å². The van der Waals surface area contributed by atoms with Crippen LogP contribution in [0.5, 0.6) is 0 Å². The Morgan fingerprint density at radius 3 is 2.78 bits per heavy atom. The third-order valence-electron chi connectivity index (χ3n) is 3.14. The van der Waals surface area contributed by atoms with Gasteiger partial charge >= 0.3 is 0 Å². The van der Waals surface area contributed by atoms with Gasteiger partial charge in [0.1, 0.15) is 4.90 Å². The second-order valence-corrected chi connectivity index (χ2v) is 6.92. The summed E-state index contributed by atoms with van der Waals surface area (Å²) in [7, 11) is -3.34. The molecule has 0 aliphatic carbocycles. The van der Waals surface area contributed by atoms with E-state index in [9.17, 15) is 8.42 Å². The lowest BCUT2D eigenvalue weighted by Crippen LogP contribution is -2.34. The summed E-state index contributed by atoms with van der Waals surface area (Å²) in [6.07, 6.45) is 0.890. The monoisotopic (exact) mass is 268 g/mol. The highest BCUT2D eigenvalue weighted by atomic mass is 32.2. The zero-order valence-electron chi connectivity index (χ0n) is 10.9. The molecule has 0 atom stereocenters. The molecule has 0 bridgehead atoms. The molecule has 0 saturated heterocycles. The number of nitrogens with zero attached hydrogens (tertiary/aromatic N) is 1. The molecule has 1 aliphatic heterocycles. The number of para-hydroxylation sites is 1. The molecule has 18 heavy (non-hydrogen) atoms. The van der Waals surface area contributed by atoms with Gasteiger partial charge in [-0.2, -0.15) is 4.31 Å². The van der Waals surface area contributed by atoms with Gasteiger partial charge in [0.05, 0.1) is 5.69 Å². The van der Waals surface area contributed by atoms with E-state index in [2.05, 4.69) is 19.2 Å². The van der Waals surface area contributed by atoms with Crippen molar-refractivity contribution in [3.05, 3.63) is 24.3 Å². The highest BCUT2D eigenvalue weighted by Crippen LogP contribution is 2.27. The van der Waals surface area contributed by atoms with Crippen LogP contribution in [0, 0.1) is 5.92 Å². The number of rotatable bonds is 3. The number of sulfonamides is 1.